The van der Waals surface area contributed by atoms with Crippen LogP contribution in [-0.4, -0.2) is 19.8 Å². The molecule has 0 atom stereocenters. The number of anilines is 1. The third-order valence-corrected chi connectivity index (χ3v) is 3.58. The molecule has 0 bridgehead atoms. The molecule has 0 aromatic carbocycles. The monoisotopic (exact) mass is 235 g/mol. The van der Waals surface area contributed by atoms with Gasteiger partial charge in [-0.25, -0.2) is 14.5 Å². The summed E-state index contributed by atoms with van der Waals surface area (Å²) in [6.07, 6.45) is 1.47. The van der Waals surface area contributed by atoms with Gasteiger partial charge in [-0.2, -0.15) is 0 Å². The SMILES string of the molecule is Cc1ncc(CSP(=O)(O)O)c(N)n1. The molecule has 0 saturated carbocycles. The first-order valence-corrected chi connectivity index (χ1v) is 6.87. The maximum atomic E-state index is 10.6. The Kier molecular flexibility index (Phi) is 3.49. The van der Waals surface area contributed by atoms with Gasteiger partial charge in [0, 0.05) is 17.5 Å². The summed E-state index contributed by atoms with van der Waals surface area (Å²) in [7, 11) is 0. The molecule has 0 spiro atoms. The van der Waals surface area contributed by atoms with Crippen LogP contribution in [0.1, 0.15) is 11.4 Å². The van der Waals surface area contributed by atoms with Crippen LogP contribution in [0, 0.1) is 6.92 Å². The second kappa shape index (κ2) is 4.27. The predicted molar refractivity (Wildman–Crippen MR) is 54.5 cm³/mol. The van der Waals surface area contributed by atoms with Gasteiger partial charge >= 0.3 is 6.80 Å². The number of nitrogens with two attached hydrogens (primary N) is 1. The van der Waals surface area contributed by atoms with Crippen LogP contribution in [0.4, 0.5) is 5.82 Å². The summed E-state index contributed by atoms with van der Waals surface area (Å²) in [6, 6.07) is 0. The third-order valence-electron chi connectivity index (χ3n) is 1.41. The van der Waals surface area contributed by atoms with Crippen molar-refractivity contribution in [3.63, 3.8) is 0 Å². The van der Waals surface area contributed by atoms with Gasteiger partial charge in [0.15, 0.2) is 0 Å². The van der Waals surface area contributed by atoms with Crippen molar-refractivity contribution in [2.24, 2.45) is 0 Å². The van der Waals surface area contributed by atoms with Crippen molar-refractivity contribution in [3.05, 3.63) is 17.6 Å². The number of nitrogens with zero attached hydrogens (tertiary/aromatic N) is 2. The van der Waals surface area contributed by atoms with Crippen LogP contribution in [-0.2, 0) is 10.3 Å². The van der Waals surface area contributed by atoms with Crippen molar-refractivity contribution in [3.8, 4) is 0 Å². The van der Waals surface area contributed by atoms with E-state index in [2.05, 4.69) is 9.97 Å². The minimum Gasteiger partial charge on any atom is -0.383 e. The Morgan fingerprint density at radius 1 is 1.64 bits per heavy atom. The molecule has 0 fully saturated rings. The fraction of sp³-hybridized carbons (Fsp3) is 0.333. The van der Waals surface area contributed by atoms with Gasteiger partial charge in [-0.05, 0) is 18.3 Å². The number of rotatable bonds is 3. The zero-order valence-corrected chi connectivity index (χ0v) is 9.13. The Morgan fingerprint density at radius 3 is 2.79 bits per heavy atom. The molecule has 1 aromatic heterocycles. The molecule has 0 unspecified atom stereocenters. The fourth-order valence-corrected chi connectivity index (χ4v) is 2.23. The zero-order chi connectivity index (χ0) is 10.8. The largest absolute Gasteiger partial charge is 0.384 e. The number of nitrogen functional groups attached to an aromatic ring is 1. The van der Waals surface area contributed by atoms with E-state index in [1.165, 1.54) is 6.20 Å². The molecule has 6 nitrogen and oxygen atoms in total. The first-order chi connectivity index (χ1) is 6.38. The van der Waals surface area contributed by atoms with Gasteiger partial charge in [0.25, 0.3) is 0 Å². The Balaban J connectivity index is 2.73. The van der Waals surface area contributed by atoms with Crippen LogP contribution < -0.4 is 5.73 Å². The number of hydrogen-bond donors (Lipinski definition) is 3. The average molecular weight is 235 g/mol. The molecule has 78 valence electrons. The van der Waals surface area contributed by atoms with Gasteiger partial charge in [-0.1, -0.05) is 0 Å². The maximum Gasteiger partial charge on any atom is 0.384 e. The van der Waals surface area contributed by atoms with Gasteiger partial charge in [0.05, 0.1) is 0 Å². The van der Waals surface area contributed by atoms with E-state index in [1.807, 2.05) is 0 Å². The molecular formula is C6H10N3O3PS. The molecule has 1 aromatic rings. The number of hydrogen-bond acceptors (Lipinski definition) is 5. The number of aromatic nitrogens is 2. The Labute approximate surface area is 84.9 Å². The van der Waals surface area contributed by atoms with Crippen molar-refractivity contribution >= 4 is 24.0 Å². The highest BCUT2D eigenvalue weighted by atomic mass is 32.7. The molecule has 0 aliphatic rings. The van der Waals surface area contributed by atoms with E-state index in [-0.39, 0.29) is 11.6 Å². The Morgan fingerprint density at radius 2 is 2.29 bits per heavy atom. The van der Waals surface area contributed by atoms with Crippen LogP contribution >= 0.6 is 18.2 Å². The first-order valence-electron chi connectivity index (χ1n) is 3.66. The first kappa shape index (κ1) is 11.5. The van der Waals surface area contributed by atoms with Crippen LogP contribution in [0.15, 0.2) is 6.20 Å². The molecular weight excluding hydrogens is 225 g/mol. The van der Waals surface area contributed by atoms with Gasteiger partial charge < -0.3 is 15.5 Å². The topological polar surface area (TPSA) is 109 Å². The molecule has 0 aliphatic carbocycles. The van der Waals surface area contributed by atoms with Gasteiger partial charge in [-0.15, -0.1) is 0 Å². The second-order valence-electron chi connectivity index (χ2n) is 2.59. The molecule has 4 N–H and O–H groups in total. The van der Waals surface area contributed by atoms with E-state index in [1.54, 1.807) is 6.92 Å². The Hall–Kier alpha value is -0.620. The quantitative estimate of drug-likeness (QED) is 0.661. The zero-order valence-electron chi connectivity index (χ0n) is 7.41. The molecule has 0 saturated heterocycles. The highest BCUT2D eigenvalue weighted by molar-refractivity contribution is 8.54. The highest BCUT2D eigenvalue weighted by Gasteiger charge is 2.15. The molecule has 8 heteroatoms. The standard InChI is InChI=1S/C6H10N3O3PS/c1-4-8-2-5(6(7)9-4)3-14-13(10,11)12/h2H,3H2,1H3,(H2,7,8,9)(H2,10,11,12). The van der Waals surface area contributed by atoms with Gasteiger partial charge in [-0.3, -0.25) is 0 Å². The molecule has 0 amide bonds. The van der Waals surface area contributed by atoms with Crippen molar-refractivity contribution in [1.82, 2.24) is 9.97 Å². The van der Waals surface area contributed by atoms with Crippen molar-refractivity contribution in [2.75, 3.05) is 5.73 Å². The lowest BCUT2D eigenvalue weighted by atomic mass is 10.3. The summed E-state index contributed by atoms with van der Waals surface area (Å²) >= 11 is 0.513. The smallest absolute Gasteiger partial charge is 0.383 e. The van der Waals surface area contributed by atoms with Crippen LogP contribution in [0.2, 0.25) is 0 Å². The molecule has 1 heterocycles. The lowest BCUT2D eigenvalue weighted by Crippen LogP contribution is -2.00. The molecule has 1 rings (SSSR count). The molecule has 0 radical (unpaired) electrons. The lowest BCUT2D eigenvalue weighted by Gasteiger charge is -2.05. The summed E-state index contributed by atoms with van der Waals surface area (Å²) in [4.78, 5) is 25.0. The van der Waals surface area contributed by atoms with Crippen LogP contribution in [0.25, 0.3) is 0 Å². The van der Waals surface area contributed by atoms with Crippen molar-refractivity contribution in [2.45, 2.75) is 12.7 Å². The van der Waals surface area contributed by atoms with E-state index < -0.39 is 6.80 Å². The summed E-state index contributed by atoms with van der Waals surface area (Å²) in [6.45, 7) is -2.37. The normalized spacial score (nSPS) is 11.6. The van der Waals surface area contributed by atoms with E-state index in [9.17, 15) is 4.57 Å². The summed E-state index contributed by atoms with van der Waals surface area (Å²) in [5.41, 5.74) is 6.06. The average Bonchev–Trinajstić information content (AvgIpc) is 2.00. The van der Waals surface area contributed by atoms with E-state index in [4.69, 9.17) is 15.5 Å². The van der Waals surface area contributed by atoms with Gasteiger partial charge in [0.2, 0.25) is 0 Å². The van der Waals surface area contributed by atoms with Crippen molar-refractivity contribution in [1.29, 1.82) is 0 Å². The predicted octanol–water partition coefficient (Wildman–Crippen LogP) is 0.693. The number of aryl methyl sites for hydroxylation is 1. The van der Waals surface area contributed by atoms with E-state index >= 15 is 0 Å². The maximum absolute atomic E-state index is 10.6. The van der Waals surface area contributed by atoms with Crippen LogP contribution in [0.5, 0.6) is 0 Å². The third kappa shape index (κ3) is 3.63. The van der Waals surface area contributed by atoms with E-state index in [0.29, 0.717) is 22.8 Å². The molecule has 0 aliphatic heterocycles. The van der Waals surface area contributed by atoms with Crippen LogP contribution in [0.3, 0.4) is 0 Å². The summed E-state index contributed by atoms with van der Waals surface area (Å²) < 4.78 is 10.6. The minimum absolute atomic E-state index is 0.108. The molecule has 14 heavy (non-hydrogen) atoms. The lowest BCUT2D eigenvalue weighted by molar-refractivity contribution is 0.397. The van der Waals surface area contributed by atoms with Gasteiger partial charge in [0.1, 0.15) is 11.6 Å². The van der Waals surface area contributed by atoms with E-state index in [0.717, 1.165) is 0 Å². The fourth-order valence-electron chi connectivity index (χ4n) is 0.777. The Bertz CT molecular complexity index is 381. The second-order valence-corrected chi connectivity index (χ2v) is 6.32. The highest BCUT2D eigenvalue weighted by Crippen LogP contribution is 2.51. The summed E-state index contributed by atoms with van der Waals surface area (Å²) in [5, 5.41) is 0. The minimum atomic E-state index is -4.06. The summed E-state index contributed by atoms with van der Waals surface area (Å²) in [5.74, 6) is 0.905. The van der Waals surface area contributed by atoms with Crippen molar-refractivity contribution < 1.29 is 14.4 Å².